The number of hydrogen-bond acceptors (Lipinski definition) is 1. The number of carbonyl (C=O) groups is 1. The average molecular weight is 298 g/mol. The van der Waals surface area contributed by atoms with Crippen LogP contribution < -0.4 is 0 Å². The Hall–Kier alpha value is -1.03. The predicted molar refractivity (Wildman–Crippen MR) is 91.1 cm³/mol. The van der Waals surface area contributed by atoms with Crippen molar-refractivity contribution in [3.05, 3.63) is 11.6 Å². The SMILES string of the molecule is C#C[C@H]1CC[C@@]2(C)C(=CC[C@@H]3[C@@H]2CC[C@]2(C)C(=O)CC[C@@H]32)C1.[HH]. The molecule has 120 valence electrons. The van der Waals surface area contributed by atoms with Gasteiger partial charge in [0.2, 0.25) is 0 Å². The lowest BCUT2D eigenvalue weighted by molar-refractivity contribution is -0.131. The van der Waals surface area contributed by atoms with Crippen LogP contribution in [0.15, 0.2) is 11.6 Å². The largest absolute Gasteiger partial charge is 0.299 e. The summed E-state index contributed by atoms with van der Waals surface area (Å²) in [6.07, 6.45) is 17.3. The minimum atomic E-state index is -0.00110. The monoisotopic (exact) mass is 298 g/mol. The quantitative estimate of drug-likeness (QED) is 0.453. The van der Waals surface area contributed by atoms with E-state index in [0.717, 1.165) is 37.5 Å². The Morgan fingerprint density at radius 2 is 1.91 bits per heavy atom. The molecular weight excluding hydrogens is 268 g/mol. The van der Waals surface area contributed by atoms with Crippen molar-refractivity contribution < 1.29 is 6.22 Å². The number of carbonyl (C=O) groups excluding carboxylic acids is 1. The van der Waals surface area contributed by atoms with Crippen LogP contribution in [-0.4, -0.2) is 5.78 Å². The van der Waals surface area contributed by atoms with Crippen LogP contribution in [0.4, 0.5) is 0 Å². The van der Waals surface area contributed by atoms with E-state index in [9.17, 15) is 4.79 Å². The summed E-state index contributed by atoms with van der Waals surface area (Å²) in [5.74, 6) is 6.16. The summed E-state index contributed by atoms with van der Waals surface area (Å²) in [5.41, 5.74) is 2.01. The predicted octanol–water partition coefficient (Wildman–Crippen LogP) is 5.01. The fourth-order valence-corrected chi connectivity index (χ4v) is 6.57. The van der Waals surface area contributed by atoms with E-state index in [-0.39, 0.29) is 6.84 Å². The van der Waals surface area contributed by atoms with Gasteiger partial charge in [-0.2, -0.15) is 0 Å². The molecule has 0 bridgehead atoms. The summed E-state index contributed by atoms with van der Waals surface area (Å²) in [7, 11) is 0. The van der Waals surface area contributed by atoms with Crippen molar-refractivity contribution in [2.24, 2.45) is 34.5 Å². The van der Waals surface area contributed by atoms with E-state index < -0.39 is 0 Å². The molecule has 0 saturated heterocycles. The lowest BCUT2D eigenvalue weighted by Crippen LogP contribution is -2.50. The van der Waals surface area contributed by atoms with Gasteiger partial charge in [-0.25, -0.2) is 0 Å². The van der Waals surface area contributed by atoms with Crippen LogP contribution in [0.1, 0.15) is 66.6 Å². The van der Waals surface area contributed by atoms with E-state index in [1.54, 1.807) is 5.57 Å². The summed E-state index contributed by atoms with van der Waals surface area (Å²) in [6, 6.07) is 0. The van der Waals surface area contributed by atoms with E-state index in [1.807, 2.05) is 0 Å². The molecular formula is C21H30O. The minimum absolute atomic E-state index is 0. The van der Waals surface area contributed by atoms with Gasteiger partial charge in [-0.1, -0.05) is 25.5 Å². The number of rotatable bonds is 0. The highest BCUT2D eigenvalue weighted by molar-refractivity contribution is 5.87. The fourth-order valence-electron chi connectivity index (χ4n) is 6.57. The smallest absolute Gasteiger partial charge is 0.139 e. The normalized spacial score (nSPS) is 50.4. The van der Waals surface area contributed by atoms with Crippen LogP contribution in [0.5, 0.6) is 0 Å². The molecule has 22 heavy (non-hydrogen) atoms. The molecule has 0 N–H and O–H groups in total. The van der Waals surface area contributed by atoms with E-state index in [1.165, 1.54) is 25.7 Å². The molecule has 4 aliphatic carbocycles. The number of terminal acetylenes is 1. The Bertz CT molecular complexity index is 585. The van der Waals surface area contributed by atoms with Crippen molar-refractivity contribution in [1.82, 2.24) is 0 Å². The highest BCUT2D eigenvalue weighted by Gasteiger charge is 2.58. The third-order valence-corrected chi connectivity index (χ3v) is 8.05. The van der Waals surface area contributed by atoms with Crippen LogP contribution in [0.25, 0.3) is 0 Å². The Balaban J connectivity index is 0.00000156. The first-order valence-electron chi connectivity index (χ1n) is 9.18. The summed E-state index contributed by atoms with van der Waals surface area (Å²) < 4.78 is 0. The van der Waals surface area contributed by atoms with Crippen molar-refractivity contribution >= 4 is 5.78 Å². The first kappa shape index (κ1) is 14.6. The molecule has 4 rings (SSSR count). The fraction of sp³-hybridized carbons (Fsp3) is 0.762. The summed E-state index contributed by atoms with van der Waals surface area (Å²) >= 11 is 0. The molecule has 0 aromatic rings. The zero-order valence-electron chi connectivity index (χ0n) is 14.0. The molecule has 0 amide bonds. The molecule has 3 saturated carbocycles. The molecule has 0 aliphatic heterocycles. The van der Waals surface area contributed by atoms with Gasteiger partial charge >= 0.3 is 0 Å². The third-order valence-electron chi connectivity index (χ3n) is 8.05. The van der Waals surface area contributed by atoms with Gasteiger partial charge in [-0.3, -0.25) is 4.79 Å². The Labute approximate surface area is 136 Å². The zero-order valence-corrected chi connectivity index (χ0v) is 14.0. The molecule has 1 nitrogen and oxygen atoms in total. The van der Waals surface area contributed by atoms with E-state index in [2.05, 4.69) is 25.8 Å². The van der Waals surface area contributed by atoms with Gasteiger partial charge in [0.1, 0.15) is 5.78 Å². The van der Waals surface area contributed by atoms with Gasteiger partial charge in [-0.05, 0) is 68.1 Å². The molecule has 0 heterocycles. The van der Waals surface area contributed by atoms with Crippen LogP contribution in [-0.2, 0) is 4.79 Å². The van der Waals surface area contributed by atoms with Gasteiger partial charge in [0, 0.05) is 19.2 Å². The van der Waals surface area contributed by atoms with Crippen molar-refractivity contribution in [2.75, 3.05) is 0 Å². The zero-order chi connectivity index (χ0) is 15.5. The molecule has 6 atom stereocenters. The maximum atomic E-state index is 12.4. The second-order valence-electron chi connectivity index (χ2n) is 8.78. The van der Waals surface area contributed by atoms with Gasteiger partial charge in [0.25, 0.3) is 0 Å². The molecule has 0 unspecified atom stereocenters. The Morgan fingerprint density at radius 1 is 1.18 bits per heavy atom. The molecule has 0 aromatic carbocycles. The molecule has 3 fully saturated rings. The summed E-state index contributed by atoms with van der Waals surface area (Å²) in [5, 5.41) is 0. The topological polar surface area (TPSA) is 17.1 Å². The van der Waals surface area contributed by atoms with E-state index >= 15 is 0 Å². The summed E-state index contributed by atoms with van der Waals surface area (Å²) in [4.78, 5) is 12.4. The van der Waals surface area contributed by atoms with Crippen molar-refractivity contribution in [3.8, 4) is 12.3 Å². The van der Waals surface area contributed by atoms with Crippen molar-refractivity contribution in [1.29, 1.82) is 0 Å². The second kappa shape index (κ2) is 4.73. The Kier molecular flexibility index (Phi) is 3.13. The molecule has 4 aliphatic rings. The maximum Gasteiger partial charge on any atom is 0.139 e. The van der Waals surface area contributed by atoms with Crippen LogP contribution in [0.2, 0.25) is 0 Å². The van der Waals surface area contributed by atoms with Crippen LogP contribution in [0.3, 0.4) is 0 Å². The second-order valence-corrected chi connectivity index (χ2v) is 8.78. The van der Waals surface area contributed by atoms with Gasteiger partial charge in [0.15, 0.2) is 0 Å². The molecule has 0 radical (unpaired) electrons. The molecule has 0 spiro atoms. The van der Waals surface area contributed by atoms with Crippen molar-refractivity contribution in [2.45, 2.75) is 65.2 Å². The van der Waals surface area contributed by atoms with E-state index in [0.29, 0.717) is 23.0 Å². The number of fused-ring (bicyclic) bond motifs is 5. The average Bonchev–Trinajstić information content (AvgIpc) is 2.82. The number of Topliss-reactive ketones (excluding diaryl/α,β-unsaturated/α-hetero) is 1. The highest BCUT2D eigenvalue weighted by Crippen LogP contribution is 2.64. The number of hydrogen-bond donors (Lipinski definition) is 0. The van der Waals surface area contributed by atoms with E-state index in [4.69, 9.17) is 6.42 Å². The first-order valence-corrected chi connectivity index (χ1v) is 9.18. The molecule has 0 aromatic heterocycles. The van der Waals surface area contributed by atoms with Gasteiger partial charge in [-0.15, -0.1) is 12.3 Å². The third kappa shape index (κ3) is 1.76. The number of allylic oxidation sites excluding steroid dienone is 2. The lowest BCUT2D eigenvalue weighted by atomic mass is 9.47. The lowest BCUT2D eigenvalue weighted by Gasteiger charge is -2.56. The summed E-state index contributed by atoms with van der Waals surface area (Å²) in [6.45, 7) is 4.77. The van der Waals surface area contributed by atoms with Crippen LogP contribution >= 0.6 is 0 Å². The van der Waals surface area contributed by atoms with Gasteiger partial charge in [0.05, 0.1) is 0 Å². The Morgan fingerprint density at radius 3 is 2.68 bits per heavy atom. The first-order chi connectivity index (χ1) is 10.5. The maximum absolute atomic E-state index is 12.4. The highest BCUT2D eigenvalue weighted by atomic mass is 16.1. The minimum Gasteiger partial charge on any atom is -0.299 e. The van der Waals surface area contributed by atoms with Crippen LogP contribution in [0, 0.1) is 46.8 Å². The van der Waals surface area contributed by atoms with Gasteiger partial charge < -0.3 is 0 Å². The van der Waals surface area contributed by atoms with Crippen molar-refractivity contribution in [3.63, 3.8) is 0 Å². The molecule has 1 heteroatoms. The number of ketones is 1. The standard InChI is InChI=1S/C21H28O.H2/c1-4-14-9-11-20(2)15(13-14)5-6-16-17-7-8-19(22)21(17,3)12-10-18(16)20;/h1,5,14,16-18H,6-13H2,2-3H3;1H/t14-,16-,17-,18-,20-,21-;/m0./s1.